The van der Waals surface area contributed by atoms with E-state index >= 15 is 0 Å². The molecule has 0 atom stereocenters. The van der Waals surface area contributed by atoms with E-state index < -0.39 is 5.41 Å². The van der Waals surface area contributed by atoms with E-state index in [-0.39, 0.29) is 5.82 Å². The van der Waals surface area contributed by atoms with Crippen molar-refractivity contribution in [3.05, 3.63) is 130 Å². The van der Waals surface area contributed by atoms with Crippen LogP contribution in [0.4, 0.5) is 4.39 Å². The second kappa shape index (κ2) is 6.91. The Morgan fingerprint density at radius 2 is 1.29 bits per heavy atom. The molecule has 0 saturated heterocycles. The molecule has 0 spiro atoms. The van der Waals surface area contributed by atoms with E-state index in [9.17, 15) is 4.39 Å². The summed E-state index contributed by atoms with van der Waals surface area (Å²) in [5.41, 5.74) is 4.17. The van der Waals surface area contributed by atoms with E-state index in [1.807, 2.05) is 18.2 Å². The molecule has 0 nitrogen and oxygen atoms in total. The van der Waals surface area contributed by atoms with Gasteiger partial charge in [-0.05, 0) is 52.6 Å². The number of hydrogen-bond donors (Lipinski definition) is 0. The van der Waals surface area contributed by atoms with Crippen molar-refractivity contribution in [2.75, 3.05) is 0 Å². The van der Waals surface area contributed by atoms with Crippen molar-refractivity contribution >= 4 is 27.7 Å². The number of benzene rings is 4. The third-order valence-electron chi connectivity index (χ3n) is 5.33. The fourth-order valence-corrected chi connectivity index (χ4v) is 5.76. The third-order valence-corrected chi connectivity index (χ3v) is 6.95. The van der Waals surface area contributed by atoms with E-state index in [1.54, 1.807) is 23.9 Å². The summed E-state index contributed by atoms with van der Waals surface area (Å²) in [5, 5.41) is 0. The quantitative estimate of drug-likeness (QED) is 0.271. The highest BCUT2D eigenvalue weighted by atomic mass is 79.9. The molecule has 0 aromatic heterocycles. The second-order valence-electron chi connectivity index (χ2n) is 6.87. The summed E-state index contributed by atoms with van der Waals surface area (Å²) in [6, 6.07) is 32.6. The van der Waals surface area contributed by atoms with Gasteiger partial charge in [0.05, 0.1) is 5.41 Å². The lowest BCUT2D eigenvalue weighted by atomic mass is 9.65. The van der Waals surface area contributed by atoms with Gasteiger partial charge in [-0.3, -0.25) is 0 Å². The Labute approximate surface area is 176 Å². The molecule has 0 unspecified atom stereocenters. The summed E-state index contributed by atoms with van der Waals surface area (Å²) in [4.78, 5) is 2.11. The van der Waals surface area contributed by atoms with Gasteiger partial charge in [0.25, 0.3) is 0 Å². The maximum Gasteiger partial charge on any atom is 0.124 e. The molecule has 0 aliphatic carbocycles. The molecule has 28 heavy (non-hydrogen) atoms. The first kappa shape index (κ1) is 17.7. The number of hydrogen-bond acceptors (Lipinski definition) is 1. The fourth-order valence-electron chi connectivity index (χ4n) is 4.20. The van der Waals surface area contributed by atoms with Crippen LogP contribution in [0.15, 0.2) is 111 Å². The Balaban J connectivity index is 1.98. The lowest BCUT2D eigenvalue weighted by molar-refractivity contribution is 0.616. The Morgan fingerprint density at radius 1 is 0.643 bits per heavy atom. The summed E-state index contributed by atoms with van der Waals surface area (Å²) < 4.78 is 15.2. The van der Waals surface area contributed by atoms with Crippen molar-refractivity contribution < 1.29 is 4.39 Å². The van der Waals surface area contributed by atoms with Crippen LogP contribution in [0.25, 0.3) is 0 Å². The monoisotopic (exact) mass is 446 g/mol. The van der Waals surface area contributed by atoms with E-state index in [0.29, 0.717) is 0 Å². The molecule has 0 amide bonds. The lowest BCUT2D eigenvalue weighted by Crippen LogP contribution is -2.34. The lowest BCUT2D eigenvalue weighted by Gasteiger charge is -2.42. The van der Waals surface area contributed by atoms with Gasteiger partial charge >= 0.3 is 0 Å². The normalized spacial score (nSPS) is 14.2. The first-order valence-corrected chi connectivity index (χ1v) is 10.7. The van der Waals surface area contributed by atoms with Gasteiger partial charge in [0.1, 0.15) is 5.82 Å². The smallest absolute Gasteiger partial charge is 0.124 e. The zero-order valence-electron chi connectivity index (χ0n) is 14.9. The average Bonchev–Trinajstić information content (AvgIpc) is 2.73. The van der Waals surface area contributed by atoms with Crippen molar-refractivity contribution in [3.63, 3.8) is 0 Å². The van der Waals surface area contributed by atoms with Gasteiger partial charge < -0.3 is 0 Å². The number of halogens is 2. The molecular weight excluding hydrogens is 431 g/mol. The van der Waals surface area contributed by atoms with Crippen LogP contribution in [0.2, 0.25) is 0 Å². The summed E-state index contributed by atoms with van der Waals surface area (Å²) >= 11 is 5.31. The van der Waals surface area contributed by atoms with Gasteiger partial charge in [-0.15, -0.1) is 0 Å². The molecule has 4 aromatic carbocycles. The highest BCUT2D eigenvalue weighted by Gasteiger charge is 2.44. The highest BCUT2D eigenvalue weighted by molar-refractivity contribution is 9.10. The van der Waals surface area contributed by atoms with Gasteiger partial charge in [-0.1, -0.05) is 94.4 Å². The molecule has 3 heteroatoms. The molecule has 1 heterocycles. The van der Waals surface area contributed by atoms with Crippen LogP contribution in [-0.4, -0.2) is 0 Å². The molecule has 4 aromatic rings. The van der Waals surface area contributed by atoms with Crippen molar-refractivity contribution in [3.8, 4) is 0 Å². The minimum atomic E-state index is -0.504. The molecular formula is C25H16BrFS. The Hall–Kier alpha value is -2.36. The summed E-state index contributed by atoms with van der Waals surface area (Å²) in [6.45, 7) is 0. The highest BCUT2D eigenvalue weighted by Crippen LogP contribution is 2.56. The summed E-state index contributed by atoms with van der Waals surface area (Å²) in [5.74, 6) is -0.207. The molecule has 0 bridgehead atoms. The van der Waals surface area contributed by atoms with Gasteiger partial charge in [0.15, 0.2) is 0 Å². The van der Waals surface area contributed by atoms with Crippen LogP contribution in [0.3, 0.4) is 0 Å². The van der Waals surface area contributed by atoms with Crippen LogP contribution in [-0.2, 0) is 5.41 Å². The van der Waals surface area contributed by atoms with Gasteiger partial charge in [0.2, 0.25) is 0 Å². The molecule has 1 aliphatic heterocycles. The zero-order chi connectivity index (χ0) is 19.1. The number of rotatable bonds is 2. The van der Waals surface area contributed by atoms with Gasteiger partial charge in [-0.2, -0.15) is 0 Å². The maximum atomic E-state index is 14.2. The Kier molecular flexibility index (Phi) is 4.37. The van der Waals surface area contributed by atoms with Crippen molar-refractivity contribution in [2.45, 2.75) is 15.2 Å². The number of fused-ring (bicyclic) bond motifs is 2. The van der Waals surface area contributed by atoms with Crippen LogP contribution in [0.1, 0.15) is 22.3 Å². The third kappa shape index (κ3) is 2.65. The van der Waals surface area contributed by atoms with E-state index in [0.717, 1.165) is 19.8 Å². The second-order valence-corrected chi connectivity index (χ2v) is 8.86. The van der Waals surface area contributed by atoms with Crippen LogP contribution < -0.4 is 0 Å². The van der Waals surface area contributed by atoms with E-state index in [2.05, 4.69) is 82.7 Å². The molecule has 0 N–H and O–H groups in total. The molecule has 0 radical (unpaired) electrons. The summed E-state index contributed by atoms with van der Waals surface area (Å²) in [6.07, 6.45) is 0. The SMILES string of the molecule is Fc1ccc2c(c1)Sc1ccc(Br)cc1C2(c1ccccc1)c1ccccc1. The maximum absolute atomic E-state index is 14.2. The minimum Gasteiger partial charge on any atom is -0.207 e. The standard InChI is InChI=1S/C25H16BrFS/c26-19-11-14-23-22(15-19)25(17-7-3-1-4-8-17,18-9-5-2-6-10-18)21-13-12-20(27)16-24(21)28-23/h1-16H. The molecule has 5 rings (SSSR count). The minimum absolute atomic E-state index is 0.207. The predicted octanol–water partition coefficient (Wildman–Crippen LogP) is 7.44. The van der Waals surface area contributed by atoms with Gasteiger partial charge in [0, 0.05) is 14.3 Å². The zero-order valence-corrected chi connectivity index (χ0v) is 17.3. The van der Waals surface area contributed by atoms with E-state index in [4.69, 9.17) is 0 Å². The Bertz CT molecular complexity index is 1120. The van der Waals surface area contributed by atoms with Crippen LogP contribution >= 0.6 is 27.7 Å². The topological polar surface area (TPSA) is 0 Å². The average molecular weight is 447 g/mol. The van der Waals surface area contributed by atoms with Crippen molar-refractivity contribution in [2.24, 2.45) is 0 Å². The van der Waals surface area contributed by atoms with Crippen molar-refractivity contribution in [1.29, 1.82) is 0 Å². The molecule has 0 fully saturated rings. The first-order valence-electron chi connectivity index (χ1n) is 9.08. The molecule has 0 saturated carbocycles. The molecule has 136 valence electrons. The van der Waals surface area contributed by atoms with Gasteiger partial charge in [-0.25, -0.2) is 4.39 Å². The van der Waals surface area contributed by atoms with Crippen LogP contribution in [0.5, 0.6) is 0 Å². The summed E-state index contributed by atoms with van der Waals surface area (Å²) in [7, 11) is 0. The van der Waals surface area contributed by atoms with Crippen molar-refractivity contribution in [1.82, 2.24) is 0 Å². The molecule has 1 aliphatic rings. The first-order chi connectivity index (χ1) is 13.7. The van der Waals surface area contributed by atoms with Crippen LogP contribution in [0, 0.1) is 5.82 Å². The van der Waals surface area contributed by atoms with E-state index in [1.165, 1.54) is 16.7 Å². The predicted molar refractivity (Wildman–Crippen MR) is 117 cm³/mol. The largest absolute Gasteiger partial charge is 0.207 e. The fraction of sp³-hybridized carbons (Fsp3) is 0.0400. The Morgan fingerprint density at radius 3 is 1.93 bits per heavy atom.